The van der Waals surface area contributed by atoms with Gasteiger partial charge in [-0.25, -0.2) is 0 Å². The monoisotopic (exact) mass is 304 g/mol. The van der Waals surface area contributed by atoms with E-state index in [1.807, 2.05) is 13.8 Å². The first-order valence-electron chi connectivity index (χ1n) is 7.20. The third-order valence-electron chi connectivity index (χ3n) is 3.27. The number of nitrogens with zero attached hydrogens (tertiary/aromatic N) is 1. The minimum atomic E-state index is -0.136. The molecule has 0 aliphatic heterocycles. The number of carbonyl (C=O) groups excluding carboxylic acids is 2. The van der Waals surface area contributed by atoms with Gasteiger partial charge in [-0.1, -0.05) is 0 Å². The Morgan fingerprint density at radius 2 is 2.09 bits per heavy atom. The molecule has 0 saturated carbocycles. The van der Waals surface area contributed by atoms with E-state index in [1.165, 1.54) is 12.5 Å². The van der Waals surface area contributed by atoms with E-state index in [0.29, 0.717) is 24.4 Å². The summed E-state index contributed by atoms with van der Waals surface area (Å²) < 4.78 is 10.1. The molecule has 22 heavy (non-hydrogen) atoms. The van der Waals surface area contributed by atoms with Gasteiger partial charge in [0.2, 0.25) is 5.91 Å². The average Bonchev–Trinajstić information content (AvgIpc) is 3.18. The smallest absolute Gasteiger partial charge is 0.257 e. The highest BCUT2D eigenvalue weighted by molar-refractivity contribution is 5.94. The Kier molecular flexibility index (Phi) is 5.41. The van der Waals surface area contributed by atoms with E-state index < -0.39 is 0 Å². The lowest BCUT2D eigenvalue weighted by molar-refractivity contribution is -0.121. The van der Waals surface area contributed by atoms with E-state index in [0.717, 1.165) is 0 Å². The quantitative estimate of drug-likeness (QED) is 0.852. The van der Waals surface area contributed by atoms with Gasteiger partial charge in [-0.2, -0.15) is 0 Å². The van der Waals surface area contributed by atoms with Gasteiger partial charge in [0.1, 0.15) is 12.0 Å². The molecule has 0 aromatic carbocycles. The first-order chi connectivity index (χ1) is 10.6. The van der Waals surface area contributed by atoms with Gasteiger partial charge in [0, 0.05) is 19.0 Å². The molecule has 0 saturated heterocycles. The van der Waals surface area contributed by atoms with Crippen molar-refractivity contribution in [3.8, 4) is 0 Å². The lowest BCUT2D eigenvalue weighted by atomic mass is 10.2. The average molecular weight is 304 g/mol. The number of amides is 2. The minimum Gasteiger partial charge on any atom is -0.472 e. The number of rotatable bonds is 7. The van der Waals surface area contributed by atoms with Crippen LogP contribution in [-0.2, 0) is 11.3 Å². The fourth-order valence-corrected chi connectivity index (χ4v) is 2.06. The molecule has 0 aliphatic rings. The van der Waals surface area contributed by atoms with Gasteiger partial charge in [0.15, 0.2) is 0 Å². The normalized spacial score (nSPS) is 10.7. The van der Waals surface area contributed by atoms with E-state index in [-0.39, 0.29) is 24.3 Å². The zero-order chi connectivity index (χ0) is 15.9. The van der Waals surface area contributed by atoms with Gasteiger partial charge in [0.25, 0.3) is 5.91 Å². The molecule has 0 aliphatic carbocycles. The molecule has 2 rings (SSSR count). The molecule has 6 nitrogen and oxygen atoms in total. The summed E-state index contributed by atoms with van der Waals surface area (Å²) in [4.78, 5) is 25.8. The van der Waals surface area contributed by atoms with Crippen molar-refractivity contribution in [2.24, 2.45) is 0 Å². The summed E-state index contributed by atoms with van der Waals surface area (Å²) in [5.41, 5.74) is 0.490. The van der Waals surface area contributed by atoms with Gasteiger partial charge in [0.05, 0.1) is 24.6 Å². The van der Waals surface area contributed by atoms with Crippen molar-refractivity contribution in [2.75, 3.05) is 6.54 Å². The number of carbonyl (C=O) groups is 2. The third-order valence-corrected chi connectivity index (χ3v) is 3.27. The van der Waals surface area contributed by atoms with Crippen molar-refractivity contribution in [1.82, 2.24) is 10.2 Å². The summed E-state index contributed by atoms with van der Waals surface area (Å²) in [6, 6.07) is 5.18. The Bertz CT molecular complexity index is 588. The molecule has 0 spiro atoms. The second-order valence-electron chi connectivity index (χ2n) is 5.21. The second kappa shape index (κ2) is 7.49. The second-order valence-corrected chi connectivity index (χ2v) is 5.21. The third kappa shape index (κ3) is 4.25. The van der Waals surface area contributed by atoms with Crippen LogP contribution in [0, 0.1) is 0 Å². The maximum absolute atomic E-state index is 12.3. The van der Waals surface area contributed by atoms with E-state index in [1.54, 1.807) is 29.4 Å². The van der Waals surface area contributed by atoms with Crippen LogP contribution in [0.5, 0.6) is 0 Å². The molecule has 0 fully saturated rings. The summed E-state index contributed by atoms with van der Waals surface area (Å²) in [6.45, 7) is 4.53. The highest BCUT2D eigenvalue weighted by atomic mass is 16.3. The SMILES string of the molecule is CC(C)N(CCC(=O)NCc1ccco1)C(=O)c1ccoc1. The van der Waals surface area contributed by atoms with Crippen LogP contribution in [0.4, 0.5) is 0 Å². The molecular formula is C16H20N2O4. The predicted octanol–water partition coefficient (Wildman–Crippen LogP) is 2.43. The van der Waals surface area contributed by atoms with Crippen molar-refractivity contribution in [3.05, 3.63) is 48.3 Å². The standard InChI is InChI=1S/C16H20N2O4/c1-12(2)18(16(20)13-6-9-21-11-13)7-5-15(19)17-10-14-4-3-8-22-14/h3-4,6,8-9,11-12H,5,7,10H2,1-2H3,(H,17,19). The number of furan rings is 2. The Morgan fingerprint density at radius 3 is 2.68 bits per heavy atom. The topological polar surface area (TPSA) is 75.7 Å². The molecule has 0 bridgehead atoms. The summed E-state index contributed by atoms with van der Waals surface area (Å²) in [6.07, 6.45) is 4.67. The van der Waals surface area contributed by atoms with Crippen LogP contribution in [0.25, 0.3) is 0 Å². The van der Waals surface area contributed by atoms with Crippen molar-refractivity contribution in [3.63, 3.8) is 0 Å². The molecule has 2 aromatic heterocycles. The fourth-order valence-electron chi connectivity index (χ4n) is 2.06. The molecule has 2 heterocycles. The lowest BCUT2D eigenvalue weighted by Crippen LogP contribution is -2.39. The predicted molar refractivity (Wildman–Crippen MR) is 80.1 cm³/mol. The van der Waals surface area contributed by atoms with Crippen molar-refractivity contribution in [2.45, 2.75) is 32.9 Å². The Labute approximate surface area is 129 Å². The zero-order valence-corrected chi connectivity index (χ0v) is 12.7. The minimum absolute atomic E-state index is 0.000253. The summed E-state index contributed by atoms with van der Waals surface area (Å²) in [5, 5.41) is 2.76. The Hall–Kier alpha value is -2.50. The van der Waals surface area contributed by atoms with E-state index in [2.05, 4.69) is 5.32 Å². The molecule has 1 N–H and O–H groups in total. The van der Waals surface area contributed by atoms with Crippen molar-refractivity contribution in [1.29, 1.82) is 0 Å². The molecule has 6 heteroatoms. The molecule has 0 atom stereocenters. The molecule has 2 amide bonds. The zero-order valence-electron chi connectivity index (χ0n) is 12.7. The maximum Gasteiger partial charge on any atom is 0.257 e. The van der Waals surface area contributed by atoms with Crippen LogP contribution in [0.1, 0.15) is 36.4 Å². The molecule has 2 aromatic rings. The number of nitrogens with one attached hydrogen (secondary N) is 1. The molecule has 0 radical (unpaired) electrons. The van der Waals surface area contributed by atoms with E-state index in [9.17, 15) is 9.59 Å². The van der Waals surface area contributed by atoms with Gasteiger partial charge in [-0.3, -0.25) is 9.59 Å². The van der Waals surface area contributed by atoms with Gasteiger partial charge < -0.3 is 19.1 Å². The van der Waals surface area contributed by atoms with Crippen molar-refractivity contribution >= 4 is 11.8 Å². The van der Waals surface area contributed by atoms with E-state index >= 15 is 0 Å². The highest BCUT2D eigenvalue weighted by Crippen LogP contribution is 2.10. The molecule has 118 valence electrons. The highest BCUT2D eigenvalue weighted by Gasteiger charge is 2.20. The molecular weight excluding hydrogens is 284 g/mol. The summed E-state index contributed by atoms with van der Waals surface area (Å²) in [7, 11) is 0. The first kappa shape index (κ1) is 15.9. The van der Waals surface area contributed by atoms with Gasteiger partial charge >= 0.3 is 0 Å². The summed E-state index contributed by atoms with van der Waals surface area (Å²) >= 11 is 0. The lowest BCUT2D eigenvalue weighted by Gasteiger charge is -2.26. The maximum atomic E-state index is 12.3. The van der Waals surface area contributed by atoms with Gasteiger partial charge in [-0.05, 0) is 32.0 Å². The molecule has 0 unspecified atom stereocenters. The fraction of sp³-hybridized carbons (Fsp3) is 0.375. The summed E-state index contributed by atoms with van der Waals surface area (Å²) in [5.74, 6) is 0.438. The van der Waals surface area contributed by atoms with Gasteiger partial charge in [-0.15, -0.1) is 0 Å². The van der Waals surface area contributed by atoms with E-state index in [4.69, 9.17) is 8.83 Å². The van der Waals surface area contributed by atoms with Crippen molar-refractivity contribution < 1.29 is 18.4 Å². The van der Waals surface area contributed by atoms with Crippen LogP contribution in [0.15, 0.2) is 45.8 Å². The van der Waals surface area contributed by atoms with Crippen LogP contribution < -0.4 is 5.32 Å². The van der Waals surface area contributed by atoms with Crippen LogP contribution in [0.2, 0.25) is 0 Å². The van der Waals surface area contributed by atoms with Crippen LogP contribution in [-0.4, -0.2) is 29.3 Å². The number of hydrogen-bond acceptors (Lipinski definition) is 4. The van der Waals surface area contributed by atoms with Crippen LogP contribution in [0.3, 0.4) is 0 Å². The largest absolute Gasteiger partial charge is 0.472 e. The van der Waals surface area contributed by atoms with Crippen LogP contribution >= 0.6 is 0 Å². The first-order valence-corrected chi connectivity index (χ1v) is 7.20. The Balaban J connectivity index is 1.83. The number of hydrogen-bond donors (Lipinski definition) is 1. The Morgan fingerprint density at radius 1 is 1.27 bits per heavy atom.